The maximum absolute atomic E-state index is 9.05. The first-order chi connectivity index (χ1) is 13.5. The molecule has 0 saturated carbocycles. The largest absolute Gasteiger partial charge is 0.493 e. The van der Waals surface area contributed by atoms with E-state index in [2.05, 4.69) is 36.1 Å². The molecule has 1 rings (SSSR count). The number of nitrogens with two attached hydrogens (primary N) is 1. The number of methoxy groups -OCH3 is 1. The molecule has 0 atom stereocenters. The first kappa shape index (κ1) is 30.6. The Morgan fingerprint density at radius 3 is 2.04 bits per heavy atom. The summed E-state index contributed by atoms with van der Waals surface area (Å²) < 4.78 is 9.54. The molecule has 28 heavy (non-hydrogen) atoms. The number of aliphatic hydroxyl groups excluding tert-OH is 2. The Hall–Kier alpha value is -2.11. The van der Waals surface area contributed by atoms with Crippen LogP contribution in [0.25, 0.3) is 0 Å². The van der Waals surface area contributed by atoms with Gasteiger partial charge in [0, 0.05) is 12.5 Å². The second-order valence-corrected chi connectivity index (χ2v) is 5.47. The summed E-state index contributed by atoms with van der Waals surface area (Å²) in [4.78, 5) is 9.05. The Labute approximate surface area is 170 Å². The maximum atomic E-state index is 9.05. The molecule has 1 aromatic carbocycles. The van der Waals surface area contributed by atoms with E-state index in [-0.39, 0.29) is 25.7 Å². The molecule has 5 N–H and O–H groups in total. The minimum atomic E-state index is -0.209. The molecule has 7 heteroatoms. The van der Waals surface area contributed by atoms with E-state index in [9.17, 15) is 0 Å². The zero-order valence-electron chi connectivity index (χ0n) is 17.7. The van der Waals surface area contributed by atoms with Crippen molar-refractivity contribution in [3.05, 3.63) is 29.8 Å². The van der Waals surface area contributed by atoms with Crippen LogP contribution in [0.1, 0.15) is 25.8 Å². The minimum absolute atomic E-state index is 0.0588. The molecule has 162 valence electrons. The summed E-state index contributed by atoms with van der Waals surface area (Å²) in [6.45, 7) is 5.56. The third-order valence-electron chi connectivity index (χ3n) is 2.80. The summed E-state index contributed by atoms with van der Waals surface area (Å²) in [5.74, 6) is 0.559. The highest BCUT2D eigenvalue weighted by Crippen LogP contribution is 2.13. The van der Waals surface area contributed by atoms with E-state index >= 15 is 0 Å². The van der Waals surface area contributed by atoms with E-state index in [0.29, 0.717) is 12.9 Å². The van der Waals surface area contributed by atoms with Crippen LogP contribution in [0.15, 0.2) is 24.3 Å². The lowest BCUT2D eigenvalue weighted by Crippen LogP contribution is -2.19. The number of hydrogen-bond donors (Lipinski definition) is 4. The molecule has 0 aliphatic carbocycles. The fraction of sp³-hybridized carbons (Fsp3) is 0.571. The van der Waals surface area contributed by atoms with Crippen molar-refractivity contribution in [2.45, 2.75) is 26.7 Å². The van der Waals surface area contributed by atoms with E-state index in [1.165, 1.54) is 19.1 Å². The van der Waals surface area contributed by atoms with Crippen molar-refractivity contribution >= 4 is 6.29 Å². The molecule has 1 aromatic rings. The van der Waals surface area contributed by atoms with Crippen LogP contribution in [0.3, 0.4) is 0 Å². The second kappa shape index (κ2) is 27.1. The molecule has 0 saturated heterocycles. The smallest absolute Gasteiger partial charge is 0.133 e. The van der Waals surface area contributed by atoms with Crippen LogP contribution in [0, 0.1) is 18.4 Å². The number of carbonyl (C=O) groups excluding carboxylic acids is 1. The van der Waals surface area contributed by atoms with Crippen LogP contribution < -0.4 is 15.8 Å². The normalized spacial score (nSPS) is 8.68. The van der Waals surface area contributed by atoms with Gasteiger partial charge in [-0.3, -0.25) is 0 Å². The highest BCUT2D eigenvalue weighted by molar-refractivity contribution is 5.51. The van der Waals surface area contributed by atoms with Crippen molar-refractivity contribution in [1.82, 2.24) is 5.32 Å². The van der Waals surface area contributed by atoms with Gasteiger partial charge in [0.1, 0.15) is 18.1 Å². The number of rotatable bonds is 9. The highest BCUT2D eigenvalue weighted by atomic mass is 16.5. The zero-order chi connectivity index (χ0) is 22.0. The van der Waals surface area contributed by atoms with Crippen molar-refractivity contribution in [3.63, 3.8) is 0 Å². The predicted octanol–water partition coefficient (Wildman–Crippen LogP) is 1.21. The van der Waals surface area contributed by atoms with Crippen molar-refractivity contribution in [1.29, 1.82) is 0 Å². The molecule has 0 aromatic heterocycles. The number of nitrogens with one attached hydrogen (secondary N) is 1. The molecule has 0 fully saturated rings. The molecule has 0 spiro atoms. The summed E-state index contributed by atoms with van der Waals surface area (Å²) in [6, 6.07) is 7.88. The standard InChI is InChI=1S/C13H21NO3.C3H4O.C3H8.C2H5NO/c1-14-7-6-11-2-4-13(5-3-11)17-10-12(8-15)9-16;1-3-4-2;1-3-2;3-1-2-4/h2-5,12,14-16H,6-10H2,1H3;1H,2H3;3H2,1-2H3;2H,1,3H2. The first-order valence-electron chi connectivity index (χ1n) is 9.25. The molecule has 0 amide bonds. The Morgan fingerprint density at radius 1 is 1.25 bits per heavy atom. The van der Waals surface area contributed by atoms with Crippen molar-refractivity contribution in [3.8, 4) is 18.3 Å². The summed E-state index contributed by atoms with van der Waals surface area (Å²) in [5.41, 5.74) is 5.92. The monoisotopic (exact) mass is 398 g/mol. The fourth-order valence-corrected chi connectivity index (χ4v) is 1.40. The lowest BCUT2D eigenvalue weighted by atomic mass is 10.1. The third-order valence-corrected chi connectivity index (χ3v) is 2.80. The van der Waals surface area contributed by atoms with Crippen LogP contribution >= 0.6 is 0 Å². The van der Waals surface area contributed by atoms with E-state index in [1.54, 1.807) is 0 Å². The average Bonchev–Trinajstić information content (AvgIpc) is 2.74. The molecule has 0 unspecified atom stereocenters. The van der Waals surface area contributed by atoms with Gasteiger partial charge in [0.05, 0.1) is 26.9 Å². The van der Waals surface area contributed by atoms with E-state index in [1.807, 2.05) is 37.4 Å². The number of aliphatic hydroxyl groups is 2. The Morgan fingerprint density at radius 2 is 1.71 bits per heavy atom. The van der Waals surface area contributed by atoms with Gasteiger partial charge in [-0.2, -0.15) is 0 Å². The Kier molecular flexibility index (Phi) is 29.6. The van der Waals surface area contributed by atoms with Gasteiger partial charge in [-0.1, -0.05) is 38.8 Å². The number of hydrogen-bond acceptors (Lipinski definition) is 7. The van der Waals surface area contributed by atoms with Gasteiger partial charge in [-0.15, -0.1) is 0 Å². The third kappa shape index (κ3) is 23.9. The van der Waals surface area contributed by atoms with E-state index < -0.39 is 0 Å². The van der Waals surface area contributed by atoms with Gasteiger partial charge in [-0.25, -0.2) is 0 Å². The van der Waals surface area contributed by atoms with Crippen molar-refractivity contribution in [2.75, 3.05) is 47.1 Å². The van der Waals surface area contributed by atoms with Gasteiger partial charge < -0.3 is 35.5 Å². The molecule has 0 heterocycles. The number of benzene rings is 1. The topological polar surface area (TPSA) is 114 Å². The summed E-state index contributed by atoms with van der Waals surface area (Å²) in [7, 11) is 3.38. The molecular weight excluding hydrogens is 360 g/mol. The number of carbonyl (C=O) groups is 1. The molecule has 0 aliphatic rings. The van der Waals surface area contributed by atoms with Gasteiger partial charge >= 0.3 is 0 Å². The van der Waals surface area contributed by atoms with E-state index in [0.717, 1.165) is 18.7 Å². The number of likely N-dealkylation sites (N-methyl/N-ethyl adjacent to an activating group) is 1. The van der Waals surface area contributed by atoms with Crippen LogP contribution in [-0.4, -0.2) is 63.6 Å². The summed E-state index contributed by atoms with van der Waals surface area (Å²) >= 11 is 0. The highest BCUT2D eigenvalue weighted by Gasteiger charge is 2.06. The summed E-state index contributed by atoms with van der Waals surface area (Å²) in [6.07, 6.45) is 9.38. The van der Waals surface area contributed by atoms with Crippen LogP contribution in [0.4, 0.5) is 0 Å². The number of aldehydes is 1. The van der Waals surface area contributed by atoms with Crippen LogP contribution in [0.5, 0.6) is 5.75 Å². The zero-order valence-corrected chi connectivity index (χ0v) is 17.7. The fourth-order valence-electron chi connectivity index (χ4n) is 1.40. The lowest BCUT2D eigenvalue weighted by molar-refractivity contribution is -0.106. The summed E-state index contributed by atoms with van der Waals surface area (Å²) in [5, 5.41) is 20.9. The van der Waals surface area contributed by atoms with Crippen LogP contribution in [0.2, 0.25) is 0 Å². The first-order valence-corrected chi connectivity index (χ1v) is 9.25. The maximum Gasteiger partial charge on any atom is 0.133 e. The SMILES string of the molecule is C#COC.CCC.CNCCc1ccc(OCC(CO)CO)cc1.NCC=O. The average molecular weight is 399 g/mol. The predicted molar refractivity (Wildman–Crippen MR) is 114 cm³/mol. The second-order valence-electron chi connectivity index (χ2n) is 5.47. The van der Waals surface area contributed by atoms with Crippen LogP contribution in [-0.2, 0) is 16.0 Å². The molecule has 7 nitrogen and oxygen atoms in total. The molecular formula is C21H38N2O5. The Balaban J connectivity index is -0.000000469. The van der Waals surface area contributed by atoms with Crippen molar-refractivity contribution < 1.29 is 24.5 Å². The quantitative estimate of drug-likeness (QED) is 0.365. The molecule has 0 radical (unpaired) electrons. The molecule has 0 aliphatic heterocycles. The molecule has 0 bridgehead atoms. The van der Waals surface area contributed by atoms with E-state index in [4.69, 9.17) is 19.7 Å². The van der Waals surface area contributed by atoms with Gasteiger partial charge in [0.2, 0.25) is 0 Å². The number of terminal acetylenes is 1. The van der Waals surface area contributed by atoms with Gasteiger partial charge in [-0.05, 0) is 37.7 Å². The minimum Gasteiger partial charge on any atom is -0.493 e. The van der Waals surface area contributed by atoms with Gasteiger partial charge in [0.25, 0.3) is 0 Å². The Bertz CT molecular complexity index is 457. The van der Waals surface area contributed by atoms with Crippen molar-refractivity contribution in [2.24, 2.45) is 11.7 Å². The van der Waals surface area contributed by atoms with Gasteiger partial charge in [0.15, 0.2) is 0 Å². The number of ether oxygens (including phenoxy) is 2. The lowest BCUT2D eigenvalue weighted by Gasteiger charge is -2.12.